The van der Waals surface area contributed by atoms with Crippen molar-refractivity contribution >= 4 is 6.03 Å². The summed E-state index contributed by atoms with van der Waals surface area (Å²) in [6, 6.07) is 11.2. The molecular weight excluding hydrogens is 280 g/mol. The Morgan fingerprint density at radius 3 is 2.86 bits per heavy atom. The van der Waals surface area contributed by atoms with E-state index in [1.54, 1.807) is 18.0 Å². The SMILES string of the molecule is Cn1nc2c(cc1=O)CN(C(=O)NCc1ccccc1)CC2. The minimum absolute atomic E-state index is 0.116. The molecule has 6 heteroatoms. The topological polar surface area (TPSA) is 67.2 Å². The number of aromatic nitrogens is 2. The molecule has 1 N–H and O–H groups in total. The van der Waals surface area contributed by atoms with Gasteiger partial charge in [-0.25, -0.2) is 9.48 Å². The van der Waals surface area contributed by atoms with Gasteiger partial charge >= 0.3 is 6.03 Å². The summed E-state index contributed by atoms with van der Waals surface area (Å²) in [6.07, 6.45) is 0.669. The number of urea groups is 1. The molecule has 2 heterocycles. The summed E-state index contributed by atoms with van der Waals surface area (Å²) in [5.41, 5.74) is 2.65. The monoisotopic (exact) mass is 298 g/mol. The van der Waals surface area contributed by atoms with Crippen LogP contribution in [0, 0.1) is 0 Å². The van der Waals surface area contributed by atoms with E-state index in [0.717, 1.165) is 16.8 Å². The van der Waals surface area contributed by atoms with Gasteiger partial charge in [0.15, 0.2) is 0 Å². The molecule has 0 spiro atoms. The maximum absolute atomic E-state index is 12.2. The molecule has 114 valence electrons. The van der Waals surface area contributed by atoms with Crippen molar-refractivity contribution in [1.82, 2.24) is 20.0 Å². The number of benzene rings is 1. The third-order valence-electron chi connectivity index (χ3n) is 3.81. The van der Waals surface area contributed by atoms with Crippen LogP contribution in [0.5, 0.6) is 0 Å². The van der Waals surface area contributed by atoms with Crippen LogP contribution in [0.4, 0.5) is 4.79 Å². The van der Waals surface area contributed by atoms with E-state index >= 15 is 0 Å². The average Bonchev–Trinajstić information content (AvgIpc) is 2.54. The predicted molar refractivity (Wildman–Crippen MR) is 82.3 cm³/mol. The van der Waals surface area contributed by atoms with Crippen molar-refractivity contribution in [1.29, 1.82) is 0 Å². The van der Waals surface area contributed by atoms with Gasteiger partial charge in [-0.15, -0.1) is 0 Å². The second-order valence-electron chi connectivity index (χ2n) is 5.39. The van der Waals surface area contributed by atoms with Crippen molar-refractivity contribution in [3.05, 3.63) is 63.6 Å². The number of rotatable bonds is 2. The highest BCUT2D eigenvalue weighted by molar-refractivity contribution is 5.74. The van der Waals surface area contributed by atoms with Gasteiger partial charge in [-0.3, -0.25) is 4.79 Å². The second kappa shape index (κ2) is 6.01. The quantitative estimate of drug-likeness (QED) is 0.901. The highest BCUT2D eigenvalue weighted by Gasteiger charge is 2.22. The summed E-state index contributed by atoms with van der Waals surface area (Å²) in [4.78, 5) is 25.6. The van der Waals surface area contributed by atoms with Gasteiger partial charge in [0.05, 0.1) is 5.69 Å². The fourth-order valence-corrected chi connectivity index (χ4v) is 2.55. The first-order valence-corrected chi connectivity index (χ1v) is 7.26. The van der Waals surface area contributed by atoms with Crippen LogP contribution in [-0.4, -0.2) is 27.3 Å². The van der Waals surface area contributed by atoms with Gasteiger partial charge in [-0.05, 0) is 5.56 Å². The Morgan fingerprint density at radius 1 is 1.32 bits per heavy atom. The summed E-state index contributed by atoms with van der Waals surface area (Å²) in [7, 11) is 1.64. The van der Waals surface area contributed by atoms with Crippen LogP contribution >= 0.6 is 0 Å². The van der Waals surface area contributed by atoms with E-state index in [4.69, 9.17) is 0 Å². The smallest absolute Gasteiger partial charge is 0.317 e. The lowest BCUT2D eigenvalue weighted by Crippen LogP contribution is -2.43. The molecule has 1 aliphatic heterocycles. The number of fused-ring (bicyclic) bond motifs is 1. The van der Waals surface area contributed by atoms with Crippen molar-refractivity contribution in [3.8, 4) is 0 Å². The van der Waals surface area contributed by atoms with Crippen LogP contribution in [-0.2, 0) is 26.6 Å². The van der Waals surface area contributed by atoms with Crippen LogP contribution in [0.2, 0.25) is 0 Å². The average molecular weight is 298 g/mol. The fourth-order valence-electron chi connectivity index (χ4n) is 2.55. The highest BCUT2D eigenvalue weighted by atomic mass is 16.2. The number of nitrogens with zero attached hydrogens (tertiary/aromatic N) is 3. The Morgan fingerprint density at radius 2 is 2.09 bits per heavy atom. The van der Waals surface area contributed by atoms with Crippen molar-refractivity contribution in [2.45, 2.75) is 19.5 Å². The molecule has 0 unspecified atom stereocenters. The predicted octanol–water partition coefficient (Wildman–Crippen LogP) is 1.05. The van der Waals surface area contributed by atoms with Crippen molar-refractivity contribution in [2.75, 3.05) is 6.54 Å². The van der Waals surface area contributed by atoms with E-state index in [2.05, 4.69) is 10.4 Å². The molecule has 1 aromatic heterocycles. The van der Waals surface area contributed by atoms with Crippen molar-refractivity contribution in [2.24, 2.45) is 7.05 Å². The minimum atomic E-state index is -0.148. The van der Waals surface area contributed by atoms with E-state index in [9.17, 15) is 9.59 Å². The third kappa shape index (κ3) is 3.00. The van der Waals surface area contributed by atoms with Gasteiger partial charge in [-0.2, -0.15) is 5.10 Å². The fraction of sp³-hybridized carbons (Fsp3) is 0.312. The highest BCUT2D eigenvalue weighted by Crippen LogP contribution is 2.15. The minimum Gasteiger partial charge on any atom is -0.334 e. The van der Waals surface area contributed by atoms with Gasteiger partial charge in [0, 0.05) is 44.7 Å². The van der Waals surface area contributed by atoms with Crippen LogP contribution in [0.3, 0.4) is 0 Å². The van der Waals surface area contributed by atoms with Gasteiger partial charge in [-0.1, -0.05) is 30.3 Å². The normalized spacial score (nSPS) is 13.6. The number of amides is 2. The first-order valence-electron chi connectivity index (χ1n) is 7.26. The Hall–Kier alpha value is -2.63. The molecule has 1 aromatic carbocycles. The Kier molecular flexibility index (Phi) is 3.91. The van der Waals surface area contributed by atoms with Gasteiger partial charge in [0.1, 0.15) is 0 Å². The molecule has 0 saturated carbocycles. The summed E-state index contributed by atoms with van der Waals surface area (Å²) in [6.45, 7) is 1.54. The molecule has 6 nitrogen and oxygen atoms in total. The zero-order valence-electron chi connectivity index (χ0n) is 12.5. The largest absolute Gasteiger partial charge is 0.334 e. The van der Waals surface area contributed by atoms with E-state index in [0.29, 0.717) is 26.1 Å². The standard InChI is InChI=1S/C16H18N4O2/c1-19-15(21)9-13-11-20(8-7-14(13)18-19)16(22)17-10-12-5-3-2-4-6-12/h2-6,9H,7-8,10-11H2,1H3,(H,17,22). The zero-order valence-corrected chi connectivity index (χ0v) is 12.5. The lowest BCUT2D eigenvalue weighted by Gasteiger charge is -2.28. The Bertz CT molecular complexity index is 740. The molecule has 3 rings (SSSR count). The maximum Gasteiger partial charge on any atom is 0.317 e. The van der Waals surface area contributed by atoms with Crippen LogP contribution < -0.4 is 10.9 Å². The molecular formula is C16H18N4O2. The number of nitrogens with one attached hydrogen (secondary N) is 1. The van der Waals surface area contributed by atoms with Crippen LogP contribution in [0.1, 0.15) is 16.8 Å². The maximum atomic E-state index is 12.2. The Labute approximate surface area is 128 Å². The summed E-state index contributed by atoms with van der Waals surface area (Å²) in [5, 5.41) is 7.16. The number of aryl methyl sites for hydroxylation is 1. The third-order valence-corrected chi connectivity index (χ3v) is 3.81. The first-order chi connectivity index (χ1) is 10.6. The number of carbonyl (C=O) groups excluding carboxylic acids is 1. The van der Waals surface area contributed by atoms with Crippen molar-refractivity contribution in [3.63, 3.8) is 0 Å². The molecule has 0 saturated heterocycles. The van der Waals surface area contributed by atoms with Gasteiger partial charge in [0.25, 0.3) is 5.56 Å². The van der Waals surface area contributed by atoms with E-state index in [-0.39, 0.29) is 11.6 Å². The first kappa shape index (κ1) is 14.3. The summed E-state index contributed by atoms with van der Waals surface area (Å²) in [5.74, 6) is 0. The van der Waals surface area contributed by atoms with E-state index < -0.39 is 0 Å². The van der Waals surface area contributed by atoms with E-state index in [1.807, 2.05) is 30.3 Å². The molecule has 1 aliphatic rings. The second-order valence-corrected chi connectivity index (χ2v) is 5.39. The molecule has 2 amide bonds. The van der Waals surface area contributed by atoms with Gasteiger partial charge in [0.2, 0.25) is 0 Å². The number of hydrogen-bond donors (Lipinski definition) is 1. The lowest BCUT2D eigenvalue weighted by molar-refractivity contribution is 0.191. The number of carbonyl (C=O) groups is 1. The zero-order chi connectivity index (χ0) is 15.5. The number of hydrogen-bond acceptors (Lipinski definition) is 3. The molecule has 22 heavy (non-hydrogen) atoms. The molecule has 0 atom stereocenters. The molecule has 0 radical (unpaired) electrons. The molecule has 0 bridgehead atoms. The molecule has 2 aromatic rings. The van der Waals surface area contributed by atoms with Crippen LogP contribution in [0.15, 0.2) is 41.2 Å². The summed E-state index contributed by atoms with van der Waals surface area (Å²) >= 11 is 0. The van der Waals surface area contributed by atoms with Crippen molar-refractivity contribution < 1.29 is 4.79 Å². The summed E-state index contributed by atoms with van der Waals surface area (Å²) < 4.78 is 1.34. The lowest BCUT2D eigenvalue weighted by atomic mass is 10.1. The Balaban J connectivity index is 1.65. The van der Waals surface area contributed by atoms with Crippen LogP contribution in [0.25, 0.3) is 0 Å². The van der Waals surface area contributed by atoms with E-state index in [1.165, 1.54) is 4.68 Å². The van der Waals surface area contributed by atoms with Gasteiger partial charge < -0.3 is 10.2 Å². The molecule has 0 aliphatic carbocycles. The molecule has 0 fully saturated rings.